The predicted molar refractivity (Wildman–Crippen MR) is 79.8 cm³/mol. The van der Waals surface area contributed by atoms with E-state index in [1.54, 1.807) is 0 Å². The van der Waals surface area contributed by atoms with Crippen LogP contribution in [0.1, 0.15) is 59.9 Å². The molecule has 1 unspecified atom stereocenters. The Morgan fingerprint density at radius 1 is 1.33 bits per heavy atom. The van der Waals surface area contributed by atoms with E-state index in [1.165, 1.54) is 12.8 Å². The summed E-state index contributed by atoms with van der Waals surface area (Å²) in [5, 5.41) is 7.36. The molecule has 0 spiro atoms. The van der Waals surface area contributed by atoms with Crippen molar-refractivity contribution in [1.82, 2.24) is 14.8 Å². The fourth-order valence-corrected chi connectivity index (χ4v) is 2.37. The Kier molecular flexibility index (Phi) is 5.85. The van der Waals surface area contributed by atoms with Crippen LogP contribution in [0.4, 0.5) is 5.95 Å². The molecule has 0 saturated carbocycles. The largest absolute Gasteiger partial charge is 0.338 e. The molecule has 5 heteroatoms. The minimum atomic E-state index is 0.333. The van der Waals surface area contributed by atoms with Gasteiger partial charge < -0.3 is 4.90 Å². The van der Waals surface area contributed by atoms with Gasteiger partial charge in [-0.15, -0.1) is 5.10 Å². The third-order valence-electron chi connectivity index (χ3n) is 3.33. The molecule has 18 heavy (non-hydrogen) atoms. The Morgan fingerprint density at radius 2 is 2.00 bits per heavy atom. The lowest BCUT2D eigenvalue weighted by atomic mass is 10.2. The number of nitrogens with zero attached hydrogens (tertiary/aromatic N) is 3. The van der Waals surface area contributed by atoms with Crippen molar-refractivity contribution < 1.29 is 0 Å². The molecule has 0 fully saturated rings. The molecule has 0 amide bonds. The van der Waals surface area contributed by atoms with Crippen LogP contribution in [0.3, 0.4) is 0 Å². The number of hydrogen-bond acceptors (Lipinski definition) is 3. The summed E-state index contributed by atoms with van der Waals surface area (Å²) >= 11 is 5.32. The molecule has 1 aromatic heterocycles. The number of rotatable bonds is 7. The number of hydrogen-bond donors (Lipinski definition) is 1. The van der Waals surface area contributed by atoms with Gasteiger partial charge in [0.1, 0.15) is 0 Å². The van der Waals surface area contributed by atoms with E-state index < -0.39 is 0 Å². The van der Waals surface area contributed by atoms with Gasteiger partial charge in [0.05, 0.1) is 0 Å². The average molecular weight is 270 g/mol. The normalized spacial score (nSPS) is 13.0. The van der Waals surface area contributed by atoms with Crippen molar-refractivity contribution in [1.29, 1.82) is 0 Å². The summed E-state index contributed by atoms with van der Waals surface area (Å²) < 4.78 is 2.82. The number of anilines is 1. The van der Waals surface area contributed by atoms with Gasteiger partial charge in [-0.2, -0.15) is 0 Å². The zero-order chi connectivity index (χ0) is 13.7. The minimum absolute atomic E-state index is 0.333. The Hall–Kier alpha value is -0.840. The molecule has 104 valence electrons. The maximum Gasteiger partial charge on any atom is 0.226 e. The first-order chi connectivity index (χ1) is 8.52. The first-order valence-electron chi connectivity index (χ1n) is 6.96. The highest BCUT2D eigenvalue weighted by atomic mass is 32.1. The van der Waals surface area contributed by atoms with E-state index in [0.29, 0.717) is 16.9 Å². The molecule has 0 aliphatic rings. The van der Waals surface area contributed by atoms with Crippen LogP contribution >= 0.6 is 12.2 Å². The molecular weight excluding hydrogens is 244 g/mol. The topological polar surface area (TPSA) is 36.9 Å². The summed E-state index contributed by atoms with van der Waals surface area (Å²) in [5.74, 6) is 0.984. The van der Waals surface area contributed by atoms with E-state index in [2.05, 4.69) is 54.3 Å². The Bertz CT molecular complexity index is 407. The van der Waals surface area contributed by atoms with Crippen molar-refractivity contribution in [3.05, 3.63) is 4.77 Å². The van der Waals surface area contributed by atoms with Crippen LogP contribution < -0.4 is 4.90 Å². The predicted octanol–water partition coefficient (Wildman–Crippen LogP) is 3.93. The van der Waals surface area contributed by atoms with Crippen molar-refractivity contribution >= 4 is 18.2 Å². The summed E-state index contributed by atoms with van der Waals surface area (Å²) in [6.07, 6.45) is 3.49. The lowest BCUT2D eigenvalue weighted by molar-refractivity contribution is 0.533. The lowest BCUT2D eigenvalue weighted by Gasteiger charge is -2.30. The molecule has 0 bridgehead atoms. The SMILES string of the molecule is CCCCN(c1n[nH]c(=S)n1C(C)C)C(C)CC. The standard InChI is InChI=1S/C13H26N4S/c1-6-8-9-16(11(5)7-2)12-14-15-13(18)17(12)10(3)4/h10-11H,6-9H2,1-5H3,(H,15,18). The van der Waals surface area contributed by atoms with Crippen LogP contribution in [0, 0.1) is 4.77 Å². The molecule has 1 heterocycles. The number of nitrogens with one attached hydrogen (secondary N) is 1. The first-order valence-corrected chi connectivity index (χ1v) is 7.37. The zero-order valence-corrected chi connectivity index (χ0v) is 13.0. The smallest absolute Gasteiger partial charge is 0.226 e. The maximum absolute atomic E-state index is 5.32. The summed E-state index contributed by atoms with van der Waals surface area (Å²) in [5.41, 5.74) is 0. The number of H-pyrrole nitrogens is 1. The highest BCUT2D eigenvalue weighted by Crippen LogP contribution is 2.21. The average Bonchev–Trinajstić information content (AvgIpc) is 2.71. The highest BCUT2D eigenvalue weighted by molar-refractivity contribution is 7.71. The molecule has 1 aromatic rings. The van der Waals surface area contributed by atoms with Gasteiger partial charge in [-0.05, 0) is 45.8 Å². The van der Waals surface area contributed by atoms with E-state index in [-0.39, 0.29) is 0 Å². The van der Waals surface area contributed by atoms with E-state index in [4.69, 9.17) is 12.2 Å². The summed E-state index contributed by atoms with van der Waals surface area (Å²) in [6, 6.07) is 0.818. The van der Waals surface area contributed by atoms with Crippen molar-refractivity contribution in [3.63, 3.8) is 0 Å². The molecule has 0 aromatic carbocycles. The van der Waals surface area contributed by atoms with Crippen molar-refractivity contribution in [2.75, 3.05) is 11.4 Å². The molecule has 0 aliphatic heterocycles. The van der Waals surface area contributed by atoms with Crippen molar-refractivity contribution in [2.24, 2.45) is 0 Å². The molecule has 0 radical (unpaired) electrons. The van der Waals surface area contributed by atoms with Gasteiger partial charge in [0.2, 0.25) is 5.95 Å². The van der Waals surface area contributed by atoms with Crippen LogP contribution in [0.25, 0.3) is 0 Å². The fraction of sp³-hybridized carbons (Fsp3) is 0.846. The first kappa shape index (κ1) is 15.2. The van der Waals surface area contributed by atoms with Crippen LogP contribution in [-0.4, -0.2) is 27.4 Å². The van der Waals surface area contributed by atoms with E-state index >= 15 is 0 Å². The zero-order valence-electron chi connectivity index (χ0n) is 12.2. The van der Waals surface area contributed by atoms with Gasteiger partial charge in [-0.3, -0.25) is 4.57 Å². The molecule has 0 aliphatic carbocycles. The Labute approximate surface area is 115 Å². The van der Waals surface area contributed by atoms with Crippen LogP contribution in [0.15, 0.2) is 0 Å². The highest BCUT2D eigenvalue weighted by Gasteiger charge is 2.20. The molecule has 4 nitrogen and oxygen atoms in total. The van der Waals surface area contributed by atoms with E-state index in [0.717, 1.165) is 18.9 Å². The van der Waals surface area contributed by atoms with Crippen molar-refractivity contribution in [2.45, 2.75) is 66.0 Å². The summed E-state index contributed by atoms with van der Waals surface area (Å²) in [4.78, 5) is 2.37. The third-order valence-corrected chi connectivity index (χ3v) is 3.62. The van der Waals surface area contributed by atoms with Gasteiger partial charge in [0.15, 0.2) is 4.77 Å². The van der Waals surface area contributed by atoms with Crippen LogP contribution in [0.2, 0.25) is 0 Å². The summed E-state index contributed by atoms with van der Waals surface area (Å²) in [6.45, 7) is 12.0. The van der Waals surface area contributed by atoms with Crippen LogP contribution in [-0.2, 0) is 0 Å². The maximum atomic E-state index is 5.32. The van der Waals surface area contributed by atoms with Crippen LogP contribution in [0.5, 0.6) is 0 Å². The summed E-state index contributed by atoms with van der Waals surface area (Å²) in [7, 11) is 0. The minimum Gasteiger partial charge on any atom is -0.338 e. The van der Waals surface area contributed by atoms with Crippen molar-refractivity contribution in [3.8, 4) is 0 Å². The number of aromatic amines is 1. The second-order valence-corrected chi connectivity index (χ2v) is 5.48. The lowest BCUT2D eigenvalue weighted by Crippen LogP contribution is -2.36. The molecule has 1 atom stereocenters. The second kappa shape index (κ2) is 6.92. The molecular formula is C13H26N4S. The fourth-order valence-electron chi connectivity index (χ4n) is 2.03. The monoisotopic (exact) mass is 270 g/mol. The molecule has 1 rings (SSSR count). The Morgan fingerprint density at radius 3 is 2.50 bits per heavy atom. The molecule has 1 N–H and O–H groups in total. The van der Waals surface area contributed by atoms with Gasteiger partial charge in [0.25, 0.3) is 0 Å². The third kappa shape index (κ3) is 3.34. The molecule has 0 saturated heterocycles. The second-order valence-electron chi connectivity index (χ2n) is 5.10. The van der Waals surface area contributed by atoms with Gasteiger partial charge in [-0.1, -0.05) is 20.3 Å². The van der Waals surface area contributed by atoms with Gasteiger partial charge in [0, 0.05) is 18.6 Å². The Balaban J connectivity index is 3.08. The van der Waals surface area contributed by atoms with E-state index in [9.17, 15) is 0 Å². The van der Waals surface area contributed by atoms with E-state index in [1.807, 2.05) is 0 Å². The van der Waals surface area contributed by atoms with Gasteiger partial charge in [-0.25, -0.2) is 5.10 Å². The van der Waals surface area contributed by atoms with Gasteiger partial charge >= 0.3 is 0 Å². The number of aromatic nitrogens is 3. The quantitative estimate of drug-likeness (QED) is 0.763. The number of unbranched alkanes of at least 4 members (excludes halogenated alkanes) is 1.